The molecule has 0 aromatic carbocycles. The fraction of sp³-hybridized carbons (Fsp3) is 0.571. The highest BCUT2D eigenvalue weighted by Gasteiger charge is 2.30. The smallest absolute Gasteiger partial charge is 0.317 e. The van der Waals surface area contributed by atoms with Gasteiger partial charge in [0.05, 0.1) is 12.9 Å². The zero-order valence-corrected chi connectivity index (χ0v) is 12.2. The molecule has 0 N–H and O–H groups in total. The third kappa shape index (κ3) is 2.22. The summed E-state index contributed by atoms with van der Waals surface area (Å²) in [5.41, 5.74) is 0.115. The summed E-state index contributed by atoms with van der Waals surface area (Å²) in [5.74, 6) is -0.0556. The van der Waals surface area contributed by atoms with E-state index in [-0.39, 0.29) is 29.6 Å². The van der Waals surface area contributed by atoms with Gasteiger partial charge >= 0.3 is 5.69 Å². The predicted molar refractivity (Wildman–Crippen MR) is 77.5 cm³/mol. The van der Waals surface area contributed by atoms with Crippen LogP contribution in [0.1, 0.15) is 39.2 Å². The van der Waals surface area contributed by atoms with Crippen LogP contribution in [0.25, 0.3) is 11.2 Å². The Morgan fingerprint density at radius 2 is 2.10 bits per heavy atom. The van der Waals surface area contributed by atoms with Crippen LogP contribution in [-0.2, 0) is 17.9 Å². The number of carbonyl (C=O) groups excluding carboxylic acids is 1. The molecule has 0 radical (unpaired) electrons. The average Bonchev–Trinajstić information content (AvgIpc) is 3.16. The first kappa shape index (κ1) is 13.8. The van der Waals surface area contributed by atoms with Crippen LogP contribution >= 0.6 is 0 Å². The Hall–Kier alpha value is -2.18. The van der Waals surface area contributed by atoms with E-state index in [0.29, 0.717) is 24.1 Å². The molecule has 3 rings (SSSR count). The molecule has 0 bridgehead atoms. The second-order valence-corrected chi connectivity index (χ2v) is 5.59. The Labute approximate surface area is 120 Å². The molecule has 0 aliphatic heterocycles. The van der Waals surface area contributed by atoms with E-state index in [0.717, 1.165) is 12.8 Å². The highest BCUT2D eigenvalue weighted by molar-refractivity contribution is 5.78. The Kier molecular flexibility index (Phi) is 3.27. The van der Waals surface area contributed by atoms with E-state index >= 15 is 0 Å². The Balaban J connectivity index is 2.34. The summed E-state index contributed by atoms with van der Waals surface area (Å²) < 4.78 is 4.42. The summed E-state index contributed by atoms with van der Waals surface area (Å²) in [4.78, 5) is 40.7. The second-order valence-electron chi connectivity index (χ2n) is 5.59. The van der Waals surface area contributed by atoms with Gasteiger partial charge in [-0.25, -0.2) is 9.78 Å². The number of nitrogens with zero attached hydrogens (tertiary/aromatic N) is 4. The lowest BCUT2D eigenvalue weighted by molar-refractivity contribution is -0.117. The fourth-order valence-corrected chi connectivity index (χ4v) is 2.64. The van der Waals surface area contributed by atoms with Crippen LogP contribution in [0.4, 0.5) is 0 Å². The van der Waals surface area contributed by atoms with Crippen molar-refractivity contribution in [3.8, 4) is 0 Å². The maximum Gasteiger partial charge on any atom is 0.332 e. The van der Waals surface area contributed by atoms with Crippen LogP contribution in [0.3, 0.4) is 0 Å². The lowest BCUT2D eigenvalue weighted by Gasteiger charge is -2.10. The van der Waals surface area contributed by atoms with Crippen molar-refractivity contribution in [3.05, 3.63) is 27.2 Å². The van der Waals surface area contributed by atoms with Gasteiger partial charge in [-0.2, -0.15) is 0 Å². The largest absolute Gasteiger partial charge is 0.332 e. The molecule has 2 heterocycles. The Morgan fingerprint density at radius 3 is 2.67 bits per heavy atom. The minimum absolute atomic E-state index is 0.0556. The van der Waals surface area contributed by atoms with Gasteiger partial charge in [0.1, 0.15) is 5.78 Å². The zero-order valence-electron chi connectivity index (χ0n) is 12.2. The van der Waals surface area contributed by atoms with E-state index < -0.39 is 0 Å². The first-order chi connectivity index (χ1) is 10.0. The van der Waals surface area contributed by atoms with Gasteiger partial charge in [-0.05, 0) is 26.2 Å². The van der Waals surface area contributed by atoms with Crippen LogP contribution in [-0.4, -0.2) is 24.5 Å². The molecule has 0 atom stereocenters. The average molecular weight is 290 g/mol. The van der Waals surface area contributed by atoms with E-state index in [1.165, 1.54) is 17.8 Å². The number of aromatic nitrogens is 4. The predicted octanol–water partition coefficient (Wildman–Crippen LogP) is 0.694. The van der Waals surface area contributed by atoms with Crippen molar-refractivity contribution < 1.29 is 4.79 Å². The standard InChI is InChI=1S/C14H18N4O3/c1-3-6-17-13(20)11-12(15-8-16(11)7-9(2)19)18(14(17)21)10-4-5-10/h8,10H,3-7H2,1-2H3. The molecule has 1 aliphatic rings. The number of carbonyl (C=O) groups is 1. The maximum atomic E-state index is 12.6. The molecule has 0 saturated heterocycles. The number of hydrogen-bond acceptors (Lipinski definition) is 4. The molecule has 1 aliphatic carbocycles. The normalized spacial score (nSPS) is 14.8. The summed E-state index contributed by atoms with van der Waals surface area (Å²) in [7, 11) is 0. The van der Waals surface area contributed by atoms with Crippen LogP contribution in [0.15, 0.2) is 15.9 Å². The van der Waals surface area contributed by atoms with E-state index in [2.05, 4.69) is 4.98 Å². The van der Waals surface area contributed by atoms with Crippen molar-refractivity contribution in [1.82, 2.24) is 18.7 Å². The van der Waals surface area contributed by atoms with E-state index in [1.807, 2.05) is 6.92 Å². The fourth-order valence-electron chi connectivity index (χ4n) is 2.64. The van der Waals surface area contributed by atoms with Crippen molar-refractivity contribution in [3.63, 3.8) is 0 Å². The molecule has 1 saturated carbocycles. The second kappa shape index (κ2) is 4.98. The number of ketones is 1. The molecule has 112 valence electrons. The lowest BCUT2D eigenvalue weighted by Crippen LogP contribution is -2.40. The summed E-state index contributed by atoms with van der Waals surface area (Å²) in [5, 5.41) is 0. The number of hydrogen-bond donors (Lipinski definition) is 0. The highest BCUT2D eigenvalue weighted by atomic mass is 16.2. The van der Waals surface area contributed by atoms with Gasteiger partial charge in [0, 0.05) is 12.6 Å². The maximum absolute atomic E-state index is 12.6. The van der Waals surface area contributed by atoms with Gasteiger partial charge in [0.2, 0.25) is 0 Å². The van der Waals surface area contributed by atoms with Gasteiger partial charge < -0.3 is 4.57 Å². The van der Waals surface area contributed by atoms with Crippen molar-refractivity contribution in [2.75, 3.05) is 0 Å². The van der Waals surface area contributed by atoms with Crippen LogP contribution < -0.4 is 11.2 Å². The summed E-state index contributed by atoms with van der Waals surface area (Å²) in [6.07, 6.45) is 4.03. The minimum Gasteiger partial charge on any atom is -0.317 e. The monoisotopic (exact) mass is 290 g/mol. The molecule has 21 heavy (non-hydrogen) atoms. The van der Waals surface area contributed by atoms with E-state index in [1.54, 1.807) is 9.13 Å². The minimum atomic E-state index is -0.354. The molecule has 2 aromatic heterocycles. The third-order valence-electron chi connectivity index (χ3n) is 3.68. The number of fused-ring (bicyclic) bond motifs is 1. The molecule has 1 fully saturated rings. The molecule has 7 heteroatoms. The summed E-state index contributed by atoms with van der Waals surface area (Å²) in [6, 6.07) is 0.129. The topological polar surface area (TPSA) is 78.9 Å². The lowest BCUT2D eigenvalue weighted by atomic mass is 10.4. The van der Waals surface area contributed by atoms with Gasteiger partial charge in [0.15, 0.2) is 11.2 Å². The van der Waals surface area contributed by atoms with Gasteiger partial charge in [0.25, 0.3) is 5.56 Å². The van der Waals surface area contributed by atoms with Crippen LogP contribution in [0.5, 0.6) is 0 Å². The third-order valence-corrected chi connectivity index (χ3v) is 3.68. The van der Waals surface area contributed by atoms with Crippen molar-refractivity contribution in [2.24, 2.45) is 0 Å². The van der Waals surface area contributed by atoms with Gasteiger partial charge in [-0.3, -0.25) is 18.7 Å². The number of imidazole rings is 1. The van der Waals surface area contributed by atoms with Gasteiger partial charge in [-0.1, -0.05) is 6.92 Å². The van der Waals surface area contributed by atoms with Crippen molar-refractivity contribution in [1.29, 1.82) is 0 Å². The SMILES string of the molecule is CCCn1c(=O)c2c(ncn2CC(C)=O)n(C2CC2)c1=O. The van der Waals surface area contributed by atoms with Crippen molar-refractivity contribution in [2.45, 2.75) is 52.2 Å². The van der Waals surface area contributed by atoms with E-state index in [4.69, 9.17) is 0 Å². The quantitative estimate of drug-likeness (QED) is 0.811. The highest BCUT2D eigenvalue weighted by Crippen LogP contribution is 2.34. The van der Waals surface area contributed by atoms with Crippen LogP contribution in [0.2, 0.25) is 0 Å². The van der Waals surface area contributed by atoms with Crippen molar-refractivity contribution >= 4 is 16.9 Å². The zero-order chi connectivity index (χ0) is 15.1. The van der Waals surface area contributed by atoms with E-state index in [9.17, 15) is 14.4 Å². The summed E-state index contributed by atoms with van der Waals surface area (Å²) >= 11 is 0. The first-order valence-corrected chi connectivity index (χ1v) is 7.24. The molecular formula is C14H18N4O3. The molecule has 0 amide bonds. The number of Topliss-reactive ketones (excluding diaryl/α,β-unsaturated/α-hetero) is 1. The van der Waals surface area contributed by atoms with Gasteiger partial charge in [-0.15, -0.1) is 0 Å². The first-order valence-electron chi connectivity index (χ1n) is 7.24. The van der Waals surface area contributed by atoms with Crippen LogP contribution in [0, 0.1) is 0 Å². The Bertz CT molecular complexity index is 823. The molecular weight excluding hydrogens is 272 g/mol. The molecule has 2 aromatic rings. The molecule has 0 unspecified atom stereocenters. The Morgan fingerprint density at radius 1 is 1.38 bits per heavy atom. The molecule has 0 spiro atoms. The number of rotatable bonds is 5. The molecule has 7 nitrogen and oxygen atoms in total. The summed E-state index contributed by atoms with van der Waals surface area (Å²) in [6.45, 7) is 3.87.